The van der Waals surface area contributed by atoms with Crippen molar-refractivity contribution in [1.29, 1.82) is 0 Å². The number of nitrogens with two attached hydrogens (primary N) is 1. The maximum Gasteiger partial charge on any atom is 0.258 e. The fraction of sp³-hybridized carbons (Fsp3) is 0.400. The van der Waals surface area contributed by atoms with Gasteiger partial charge in [-0.3, -0.25) is 4.79 Å². The number of aliphatic hydroxyl groups excluding tert-OH is 1. The maximum atomic E-state index is 15.3. The van der Waals surface area contributed by atoms with Crippen LogP contribution < -0.4 is 11.1 Å². The number of pyridine rings is 1. The van der Waals surface area contributed by atoms with Crippen molar-refractivity contribution in [3.8, 4) is 11.1 Å². The third-order valence-corrected chi connectivity index (χ3v) is 6.20. The minimum atomic E-state index is -0.714. The molecule has 1 amide bonds. The largest absolute Gasteiger partial charge is 0.398 e. The smallest absolute Gasteiger partial charge is 0.258 e. The molecule has 1 aromatic heterocycles. The third kappa shape index (κ3) is 2.72. The molecule has 1 saturated carbocycles. The number of fused-ring (bicyclic) bond motifs is 2. The molecule has 1 aliphatic heterocycles. The first-order chi connectivity index (χ1) is 13.2. The first-order valence-corrected chi connectivity index (χ1v) is 9.54. The molecule has 1 spiro atoms. The number of anilines is 2. The van der Waals surface area contributed by atoms with Crippen LogP contribution in [0.5, 0.6) is 0 Å². The third-order valence-electron chi connectivity index (χ3n) is 5.81. The summed E-state index contributed by atoms with van der Waals surface area (Å²) in [4.78, 5) is 18.1. The van der Waals surface area contributed by atoms with E-state index in [0.717, 1.165) is 12.0 Å². The Morgan fingerprint density at radius 1 is 1.43 bits per heavy atom. The zero-order chi connectivity index (χ0) is 20.2. The van der Waals surface area contributed by atoms with Gasteiger partial charge in [-0.1, -0.05) is 11.6 Å². The van der Waals surface area contributed by atoms with Crippen molar-refractivity contribution in [2.75, 3.05) is 31.7 Å². The Balaban J connectivity index is 1.88. The number of carbonyl (C=O) groups is 1. The van der Waals surface area contributed by atoms with Gasteiger partial charge >= 0.3 is 0 Å². The minimum Gasteiger partial charge on any atom is -0.398 e. The van der Waals surface area contributed by atoms with E-state index in [1.165, 1.54) is 23.2 Å². The summed E-state index contributed by atoms with van der Waals surface area (Å²) in [5.74, 6) is -0.559. The van der Waals surface area contributed by atoms with Crippen molar-refractivity contribution in [2.45, 2.75) is 30.8 Å². The normalized spacial score (nSPS) is 23.0. The van der Waals surface area contributed by atoms with E-state index < -0.39 is 11.7 Å². The number of hydrogen-bond acceptors (Lipinski definition) is 5. The predicted octanol–water partition coefficient (Wildman–Crippen LogP) is 3.03. The number of hydrogen-bond donors (Lipinski definition) is 3. The van der Waals surface area contributed by atoms with Crippen LogP contribution in [0.25, 0.3) is 11.1 Å². The van der Waals surface area contributed by atoms with Gasteiger partial charge in [-0.2, -0.15) is 0 Å². The zero-order valence-electron chi connectivity index (χ0n) is 15.7. The second kappa shape index (κ2) is 6.60. The quantitative estimate of drug-likeness (QED) is 0.669. The van der Waals surface area contributed by atoms with E-state index in [-0.39, 0.29) is 28.3 Å². The van der Waals surface area contributed by atoms with Crippen molar-refractivity contribution in [1.82, 2.24) is 9.88 Å². The van der Waals surface area contributed by atoms with Crippen LogP contribution in [0.15, 0.2) is 18.3 Å². The lowest BCUT2D eigenvalue weighted by molar-refractivity contribution is 0.0824. The van der Waals surface area contributed by atoms with Crippen LogP contribution in [0.1, 0.15) is 35.2 Å². The topological polar surface area (TPSA) is 91.5 Å². The number of nitrogens with zero attached hydrogens (tertiary/aromatic N) is 2. The molecule has 4 rings (SSSR count). The number of carbonyl (C=O) groups excluding carboxylic acids is 1. The Kier molecular flexibility index (Phi) is 4.47. The summed E-state index contributed by atoms with van der Waals surface area (Å²) in [5.41, 5.74) is 6.87. The Morgan fingerprint density at radius 2 is 2.18 bits per heavy atom. The fourth-order valence-electron chi connectivity index (χ4n) is 4.36. The second-order valence-corrected chi connectivity index (χ2v) is 8.21. The highest BCUT2D eigenvalue weighted by atomic mass is 35.5. The molecule has 2 aliphatic rings. The number of benzene rings is 1. The molecule has 0 bridgehead atoms. The molecule has 4 N–H and O–H groups in total. The molecule has 1 aromatic carbocycles. The van der Waals surface area contributed by atoms with Gasteiger partial charge in [0, 0.05) is 54.6 Å². The van der Waals surface area contributed by atoms with E-state index in [4.69, 9.17) is 17.3 Å². The molecule has 0 radical (unpaired) electrons. The van der Waals surface area contributed by atoms with Gasteiger partial charge in [0.05, 0.1) is 16.7 Å². The van der Waals surface area contributed by atoms with Crippen molar-refractivity contribution >= 4 is 29.0 Å². The molecule has 6 nitrogen and oxygen atoms in total. The molecule has 0 saturated heterocycles. The lowest BCUT2D eigenvalue weighted by atomic mass is 9.80. The summed E-state index contributed by atoms with van der Waals surface area (Å²) >= 11 is 6.76. The monoisotopic (exact) mass is 404 g/mol. The number of aliphatic hydroxyl groups is 1. The SMILES string of the molecule is CN(C)C(=O)c1c(N)ccc(-c2cnc3c(c2Cl)C2(CCC(O)C2)CN3)c1F. The summed E-state index contributed by atoms with van der Waals surface area (Å²) in [5, 5.41) is 13.7. The van der Waals surface area contributed by atoms with E-state index >= 15 is 4.39 Å². The average molecular weight is 405 g/mol. The van der Waals surface area contributed by atoms with E-state index in [2.05, 4.69) is 10.3 Å². The Bertz CT molecular complexity index is 977. The first-order valence-electron chi connectivity index (χ1n) is 9.16. The molecule has 2 atom stereocenters. The van der Waals surface area contributed by atoms with Gasteiger partial charge in [0.25, 0.3) is 5.91 Å². The highest BCUT2D eigenvalue weighted by Gasteiger charge is 2.47. The Labute approximate surface area is 167 Å². The van der Waals surface area contributed by atoms with Crippen molar-refractivity contribution in [2.24, 2.45) is 0 Å². The van der Waals surface area contributed by atoms with Crippen LogP contribution in [0.2, 0.25) is 5.02 Å². The standard InChI is InChI=1S/C20H22ClFN4O2/c1-26(2)19(28)14-13(23)4-3-11(17(14)22)12-8-24-18-15(16(12)21)20(9-25-18)6-5-10(27)7-20/h3-4,8,10,27H,5-7,9,23H2,1-2H3,(H,24,25). The number of nitrogens with one attached hydrogen (secondary N) is 1. The summed E-state index contributed by atoms with van der Waals surface area (Å²) in [7, 11) is 3.08. The summed E-state index contributed by atoms with van der Waals surface area (Å²) < 4.78 is 15.3. The highest BCUT2D eigenvalue weighted by Crippen LogP contribution is 2.52. The number of rotatable bonds is 2. The van der Waals surface area contributed by atoms with Crippen LogP contribution in [-0.2, 0) is 5.41 Å². The lowest BCUT2D eigenvalue weighted by Gasteiger charge is -2.24. The van der Waals surface area contributed by atoms with Gasteiger partial charge in [-0.05, 0) is 31.4 Å². The maximum absolute atomic E-state index is 15.3. The van der Waals surface area contributed by atoms with Gasteiger partial charge in [-0.15, -0.1) is 0 Å². The molecule has 2 unspecified atom stereocenters. The number of nitrogen functional groups attached to an aromatic ring is 1. The van der Waals surface area contributed by atoms with Crippen LogP contribution in [0.4, 0.5) is 15.9 Å². The number of halogens is 2. The van der Waals surface area contributed by atoms with Crippen molar-refractivity contribution in [3.63, 3.8) is 0 Å². The van der Waals surface area contributed by atoms with Crippen LogP contribution in [-0.4, -0.2) is 47.6 Å². The Hall–Kier alpha value is -2.38. The summed E-state index contributed by atoms with van der Waals surface area (Å²) in [6, 6.07) is 3.02. The molecule has 148 valence electrons. The molecule has 2 heterocycles. The molecule has 1 fully saturated rings. The lowest BCUT2D eigenvalue weighted by Crippen LogP contribution is -2.26. The van der Waals surface area contributed by atoms with Gasteiger partial charge < -0.3 is 21.1 Å². The average Bonchev–Trinajstić information content (AvgIpc) is 3.20. The minimum absolute atomic E-state index is 0.0715. The van der Waals surface area contributed by atoms with Gasteiger partial charge in [0.1, 0.15) is 11.6 Å². The molecule has 1 aliphatic carbocycles. The number of aromatic nitrogens is 1. The fourth-order valence-corrected chi connectivity index (χ4v) is 4.80. The zero-order valence-corrected chi connectivity index (χ0v) is 16.5. The Morgan fingerprint density at radius 3 is 2.82 bits per heavy atom. The van der Waals surface area contributed by atoms with E-state index in [0.29, 0.717) is 35.8 Å². The second-order valence-electron chi connectivity index (χ2n) is 7.83. The van der Waals surface area contributed by atoms with Crippen molar-refractivity contribution < 1.29 is 14.3 Å². The van der Waals surface area contributed by atoms with Crippen LogP contribution in [0.3, 0.4) is 0 Å². The van der Waals surface area contributed by atoms with E-state index in [9.17, 15) is 9.90 Å². The van der Waals surface area contributed by atoms with Crippen LogP contribution in [0, 0.1) is 5.82 Å². The molecular formula is C20H22ClFN4O2. The van der Waals surface area contributed by atoms with E-state index in [1.54, 1.807) is 14.1 Å². The first kappa shape index (κ1) is 19.0. The number of amides is 1. The van der Waals surface area contributed by atoms with E-state index in [1.807, 2.05) is 0 Å². The van der Waals surface area contributed by atoms with Crippen molar-refractivity contribution in [3.05, 3.63) is 40.3 Å². The van der Waals surface area contributed by atoms with Gasteiger partial charge in [0.2, 0.25) is 0 Å². The van der Waals surface area contributed by atoms with Gasteiger partial charge in [-0.25, -0.2) is 9.37 Å². The van der Waals surface area contributed by atoms with Gasteiger partial charge in [0.15, 0.2) is 0 Å². The molecule has 28 heavy (non-hydrogen) atoms. The molecule has 2 aromatic rings. The van der Waals surface area contributed by atoms with Crippen LogP contribution >= 0.6 is 11.6 Å². The summed E-state index contributed by atoms with van der Waals surface area (Å²) in [6.07, 6.45) is 3.20. The highest BCUT2D eigenvalue weighted by molar-refractivity contribution is 6.34. The summed E-state index contributed by atoms with van der Waals surface area (Å²) in [6.45, 7) is 0.643. The molecular weight excluding hydrogens is 383 g/mol. The predicted molar refractivity (Wildman–Crippen MR) is 107 cm³/mol. The molecule has 8 heteroatoms.